The van der Waals surface area contributed by atoms with Gasteiger partial charge >= 0.3 is 0 Å². The molecule has 1 aliphatic rings. The summed E-state index contributed by atoms with van der Waals surface area (Å²) in [6.45, 7) is 14.6. The third-order valence-corrected chi connectivity index (χ3v) is 4.94. The zero-order valence-electron chi connectivity index (χ0n) is 11.0. The van der Waals surface area contributed by atoms with E-state index in [1.165, 1.54) is 25.7 Å². The smallest absolute Gasteiger partial charge is 0.0275 e. The van der Waals surface area contributed by atoms with Crippen molar-refractivity contribution in [2.45, 2.75) is 67.2 Å². The first kappa shape index (κ1) is 12.1. The molecule has 1 rings (SSSR count). The van der Waals surface area contributed by atoms with E-state index < -0.39 is 0 Å². The molecular weight excluding hydrogens is 168 g/mol. The van der Waals surface area contributed by atoms with Gasteiger partial charge < -0.3 is 0 Å². The minimum absolute atomic E-state index is 0.464. The van der Waals surface area contributed by atoms with Crippen molar-refractivity contribution >= 4 is 0 Å². The summed E-state index contributed by atoms with van der Waals surface area (Å²) in [5, 5.41) is 0. The van der Waals surface area contributed by atoms with Gasteiger partial charge in [-0.1, -0.05) is 54.4 Å². The first-order chi connectivity index (χ1) is 6.26. The molecule has 0 heterocycles. The lowest BCUT2D eigenvalue weighted by Gasteiger charge is -2.43. The minimum Gasteiger partial charge on any atom is -0.0623 e. The van der Waals surface area contributed by atoms with E-state index in [1.807, 2.05) is 0 Å². The molecule has 0 aliphatic heterocycles. The third kappa shape index (κ3) is 2.32. The Morgan fingerprint density at radius 3 is 2.14 bits per heavy atom. The van der Waals surface area contributed by atoms with Crippen LogP contribution in [0.2, 0.25) is 0 Å². The first-order valence-electron chi connectivity index (χ1n) is 6.26. The van der Waals surface area contributed by atoms with Crippen LogP contribution < -0.4 is 0 Å². The second kappa shape index (κ2) is 3.87. The molecule has 0 spiro atoms. The summed E-state index contributed by atoms with van der Waals surface area (Å²) in [5.74, 6) is 1.83. The topological polar surface area (TPSA) is 0 Å². The maximum Gasteiger partial charge on any atom is -0.0275 e. The molecule has 0 nitrogen and oxygen atoms in total. The molecule has 0 heteroatoms. The molecule has 84 valence electrons. The van der Waals surface area contributed by atoms with Crippen LogP contribution in [0.1, 0.15) is 67.2 Å². The van der Waals surface area contributed by atoms with Crippen molar-refractivity contribution in [3.63, 3.8) is 0 Å². The maximum atomic E-state index is 2.50. The maximum absolute atomic E-state index is 2.50. The van der Waals surface area contributed by atoms with E-state index in [2.05, 4.69) is 41.5 Å². The molecule has 0 saturated heterocycles. The molecule has 1 saturated carbocycles. The Hall–Kier alpha value is 0. The summed E-state index contributed by atoms with van der Waals surface area (Å²) >= 11 is 0. The van der Waals surface area contributed by atoms with Gasteiger partial charge in [0, 0.05) is 0 Å². The minimum atomic E-state index is 0.464. The fourth-order valence-corrected chi connectivity index (χ4v) is 2.79. The standard InChI is InChI=1S/C14H28/c1-11-8-7-9-14(6,10-12(11)2)13(3,4)5/h11-12H,7-10H2,1-6H3. The fourth-order valence-electron chi connectivity index (χ4n) is 2.79. The van der Waals surface area contributed by atoms with Crippen molar-refractivity contribution in [2.24, 2.45) is 22.7 Å². The van der Waals surface area contributed by atoms with Crippen molar-refractivity contribution in [3.8, 4) is 0 Å². The van der Waals surface area contributed by atoms with Gasteiger partial charge in [-0.3, -0.25) is 0 Å². The normalized spacial score (nSPS) is 40.7. The van der Waals surface area contributed by atoms with Crippen LogP contribution in [0.4, 0.5) is 0 Å². The molecule has 0 aromatic rings. The zero-order chi connectivity index (χ0) is 11.0. The van der Waals surface area contributed by atoms with Crippen LogP contribution in [-0.2, 0) is 0 Å². The number of rotatable bonds is 0. The van der Waals surface area contributed by atoms with Crippen LogP contribution >= 0.6 is 0 Å². The quantitative estimate of drug-likeness (QED) is 0.484. The van der Waals surface area contributed by atoms with E-state index >= 15 is 0 Å². The lowest BCUT2D eigenvalue weighted by molar-refractivity contribution is 0.0705. The first-order valence-corrected chi connectivity index (χ1v) is 6.26. The lowest BCUT2D eigenvalue weighted by atomic mass is 9.62. The zero-order valence-corrected chi connectivity index (χ0v) is 11.0. The Bertz CT molecular complexity index is 187. The third-order valence-electron chi connectivity index (χ3n) is 4.94. The molecule has 1 aliphatic carbocycles. The van der Waals surface area contributed by atoms with Crippen LogP contribution in [-0.4, -0.2) is 0 Å². The lowest BCUT2D eigenvalue weighted by Crippen LogP contribution is -2.33. The van der Waals surface area contributed by atoms with Crippen LogP contribution in [0, 0.1) is 22.7 Å². The molecular formula is C14H28. The monoisotopic (exact) mass is 196 g/mol. The van der Waals surface area contributed by atoms with Crippen LogP contribution in [0.15, 0.2) is 0 Å². The predicted molar refractivity (Wildman–Crippen MR) is 64.4 cm³/mol. The molecule has 0 aromatic carbocycles. The van der Waals surface area contributed by atoms with E-state index in [-0.39, 0.29) is 0 Å². The molecule has 0 radical (unpaired) electrons. The Labute approximate surface area is 90.5 Å². The Morgan fingerprint density at radius 1 is 1.07 bits per heavy atom. The molecule has 0 amide bonds. The highest BCUT2D eigenvalue weighted by atomic mass is 14.4. The highest BCUT2D eigenvalue weighted by molar-refractivity contribution is 4.90. The molecule has 1 fully saturated rings. The van der Waals surface area contributed by atoms with Gasteiger partial charge in [-0.25, -0.2) is 0 Å². The summed E-state index contributed by atoms with van der Waals surface area (Å²) in [7, 11) is 0. The fraction of sp³-hybridized carbons (Fsp3) is 1.00. The van der Waals surface area contributed by atoms with Crippen molar-refractivity contribution in [3.05, 3.63) is 0 Å². The van der Waals surface area contributed by atoms with Crippen LogP contribution in [0.5, 0.6) is 0 Å². The average molecular weight is 196 g/mol. The van der Waals surface area contributed by atoms with Crippen LogP contribution in [0.3, 0.4) is 0 Å². The van der Waals surface area contributed by atoms with Gasteiger partial charge in [0.05, 0.1) is 0 Å². The number of hydrogen-bond donors (Lipinski definition) is 0. The summed E-state index contributed by atoms with van der Waals surface area (Å²) in [4.78, 5) is 0. The van der Waals surface area contributed by atoms with E-state index in [4.69, 9.17) is 0 Å². The Balaban J connectivity index is 2.80. The molecule has 14 heavy (non-hydrogen) atoms. The van der Waals surface area contributed by atoms with E-state index in [0.717, 1.165) is 11.8 Å². The van der Waals surface area contributed by atoms with E-state index in [1.54, 1.807) is 0 Å². The summed E-state index contributed by atoms with van der Waals surface area (Å²) in [6, 6.07) is 0. The van der Waals surface area contributed by atoms with Crippen LogP contribution in [0.25, 0.3) is 0 Å². The molecule has 0 N–H and O–H groups in total. The van der Waals surface area contributed by atoms with Gasteiger partial charge in [0.1, 0.15) is 0 Å². The van der Waals surface area contributed by atoms with Gasteiger partial charge in [0.25, 0.3) is 0 Å². The molecule has 0 aromatic heterocycles. The number of hydrogen-bond acceptors (Lipinski definition) is 0. The van der Waals surface area contributed by atoms with Gasteiger partial charge in [0.2, 0.25) is 0 Å². The van der Waals surface area contributed by atoms with E-state index in [9.17, 15) is 0 Å². The Kier molecular flexibility index (Phi) is 3.33. The Morgan fingerprint density at radius 2 is 1.64 bits per heavy atom. The predicted octanol–water partition coefficient (Wildman–Crippen LogP) is 4.89. The summed E-state index contributed by atoms with van der Waals surface area (Å²) in [5.41, 5.74) is 1.02. The van der Waals surface area contributed by atoms with Gasteiger partial charge in [-0.15, -0.1) is 0 Å². The molecule has 0 bridgehead atoms. The van der Waals surface area contributed by atoms with Crippen molar-refractivity contribution in [1.29, 1.82) is 0 Å². The van der Waals surface area contributed by atoms with E-state index in [0.29, 0.717) is 10.8 Å². The van der Waals surface area contributed by atoms with Crippen molar-refractivity contribution < 1.29 is 0 Å². The second-order valence-electron chi connectivity index (χ2n) is 6.86. The van der Waals surface area contributed by atoms with Gasteiger partial charge in [-0.05, 0) is 35.5 Å². The molecule has 3 atom stereocenters. The second-order valence-corrected chi connectivity index (χ2v) is 6.86. The summed E-state index contributed by atoms with van der Waals surface area (Å²) in [6.07, 6.45) is 5.70. The van der Waals surface area contributed by atoms with Gasteiger partial charge in [0.15, 0.2) is 0 Å². The SMILES string of the molecule is CC1CCCC(C)(C(C)(C)C)CC1C. The van der Waals surface area contributed by atoms with Gasteiger partial charge in [-0.2, -0.15) is 0 Å². The van der Waals surface area contributed by atoms with Crippen molar-refractivity contribution in [2.75, 3.05) is 0 Å². The largest absolute Gasteiger partial charge is 0.0623 e. The van der Waals surface area contributed by atoms with Crippen molar-refractivity contribution in [1.82, 2.24) is 0 Å². The average Bonchev–Trinajstić information content (AvgIpc) is 2.12. The highest BCUT2D eigenvalue weighted by Gasteiger charge is 2.40. The summed E-state index contributed by atoms with van der Waals surface area (Å²) < 4.78 is 0. The highest BCUT2D eigenvalue weighted by Crippen LogP contribution is 2.50. The molecule has 3 unspecified atom stereocenters.